The molecule has 0 aromatic carbocycles. The number of carbonyl (C=O) groups excluding carboxylic acids is 1. The number of rotatable bonds is 7. The van der Waals surface area contributed by atoms with E-state index in [0.717, 1.165) is 31.3 Å². The lowest BCUT2D eigenvalue weighted by Crippen LogP contribution is -2.50. The van der Waals surface area contributed by atoms with Crippen molar-refractivity contribution in [2.24, 2.45) is 17.8 Å². The summed E-state index contributed by atoms with van der Waals surface area (Å²) in [5.74, 6) is -1.09. The molecule has 7 bridgehead atoms. The van der Waals surface area contributed by atoms with Gasteiger partial charge >= 0.3 is 11.9 Å². The first-order chi connectivity index (χ1) is 27.9. The third-order valence-corrected chi connectivity index (χ3v) is 12.0. The summed E-state index contributed by atoms with van der Waals surface area (Å²) in [5.41, 5.74) is 0.945. The molecule has 11 nitrogen and oxygen atoms in total. The number of carboxylic acid groups (broad SMARTS) is 1. The van der Waals surface area contributed by atoms with Crippen LogP contribution in [-0.2, 0) is 33.3 Å². The quantitative estimate of drug-likeness (QED) is 0.122. The monoisotopic (exact) mass is 806 g/mol. The molecule has 320 valence electrons. The molecule has 6 heterocycles. The summed E-state index contributed by atoms with van der Waals surface area (Å²) in [6, 6.07) is 0. The van der Waals surface area contributed by atoms with E-state index in [1.54, 1.807) is 18.2 Å². The highest BCUT2D eigenvalue weighted by molar-refractivity contribution is 5.82. The molecule has 58 heavy (non-hydrogen) atoms. The zero-order valence-corrected chi connectivity index (χ0v) is 34.5. The van der Waals surface area contributed by atoms with Crippen molar-refractivity contribution in [1.29, 1.82) is 0 Å². The van der Waals surface area contributed by atoms with Gasteiger partial charge in [-0.05, 0) is 63.0 Å². The van der Waals surface area contributed by atoms with E-state index in [2.05, 4.69) is 32.1 Å². The Morgan fingerprint density at radius 1 is 0.759 bits per heavy atom. The predicted molar refractivity (Wildman–Crippen MR) is 222 cm³/mol. The van der Waals surface area contributed by atoms with Crippen LogP contribution in [0.1, 0.15) is 91.9 Å². The van der Waals surface area contributed by atoms with E-state index in [1.807, 2.05) is 62.5 Å². The van der Waals surface area contributed by atoms with E-state index >= 15 is 0 Å². The summed E-state index contributed by atoms with van der Waals surface area (Å²) in [4.78, 5) is 23.9. The Kier molecular flexibility index (Phi) is 18.0. The number of aliphatic hydroxyl groups excluding tert-OH is 3. The van der Waals surface area contributed by atoms with Crippen molar-refractivity contribution in [2.45, 2.75) is 165 Å². The van der Waals surface area contributed by atoms with Gasteiger partial charge in [-0.15, -0.1) is 0 Å². The van der Waals surface area contributed by atoms with Gasteiger partial charge in [0.05, 0.1) is 42.7 Å². The van der Waals surface area contributed by atoms with Crippen LogP contribution in [0.25, 0.3) is 0 Å². The summed E-state index contributed by atoms with van der Waals surface area (Å²) in [7, 11) is 0. The Morgan fingerprint density at radius 3 is 2.34 bits per heavy atom. The van der Waals surface area contributed by atoms with E-state index in [4.69, 9.17) is 28.8 Å². The fourth-order valence-electron chi connectivity index (χ4n) is 8.38. The van der Waals surface area contributed by atoms with Gasteiger partial charge in [-0.2, -0.15) is 0 Å². The van der Waals surface area contributed by atoms with Crippen molar-refractivity contribution >= 4 is 11.9 Å². The van der Waals surface area contributed by atoms with Crippen molar-refractivity contribution in [3.8, 4) is 0 Å². The van der Waals surface area contributed by atoms with Crippen molar-refractivity contribution in [2.75, 3.05) is 0 Å². The highest BCUT2D eigenvalue weighted by Crippen LogP contribution is 2.38. The summed E-state index contributed by atoms with van der Waals surface area (Å²) in [5, 5.41) is 41.7. The average Bonchev–Trinajstić information content (AvgIpc) is 3.54. The molecule has 6 rings (SSSR count). The third-order valence-electron chi connectivity index (χ3n) is 12.0. The molecule has 0 amide bonds. The number of aliphatic carboxylic acids is 1. The second-order valence-corrected chi connectivity index (χ2v) is 16.6. The second kappa shape index (κ2) is 22.8. The number of unbranched alkanes of at least 4 members (excludes halogenated alkanes) is 1. The van der Waals surface area contributed by atoms with Crippen LogP contribution in [0.5, 0.6) is 0 Å². The Morgan fingerprint density at radius 2 is 1.53 bits per heavy atom. The maximum atomic E-state index is 13.0. The smallest absolute Gasteiger partial charge is 0.331 e. The summed E-state index contributed by atoms with van der Waals surface area (Å²) in [6.45, 7) is 8.15. The van der Waals surface area contributed by atoms with Gasteiger partial charge in [0.2, 0.25) is 0 Å². The van der Waals surface area contributed by atoms with Crippen molar-refractivity contribution in [1.82, 2.24) is 0 Å². The van der Waals surface area contributed by atoms with E-state index in [0.29, 0.717) is 25.7 Å². The lowest BCUT2D eigenvalue weighted by molar-refractivity contribution is -0.175. The highest BCUT2D eigenvalue weighted by Gasteiger charge is 2.45. The van der Waals surface area contributed by atoms with Crippen LogP contribution in [0.3, 0.4) is 0 Å². The van der Waals surface area contributed by atoms with Crippen LogP contribution in [0.15, 0.2) is 96.7 Å². The van der Waals surface area contributed by atoms with E-state index < -0.39 is 48.6 Å². The average molecular weight is 807 g/mol. The summed E-state index contributed by atoms with van der Waals surface area (Å²) < 4.78 is 31.5. The van der Waals surface area contributed by atoms with Crippen LogP contribution in [0.4, 0.5) is 0 Å². The molecule has 4 N–H and O–H groups in total. The van der Waals surface area contributed by atoms with Gasteiger partial charge in [-0.25, -0.2) is 4.79 Å². The van der Waals surface area contributed by atoms with Gasteiger partial charge in [0.15, 0.2) is 6.10 Å². The van der Waals surface area contributed by atoms with Crippen LogP contribution in [-0.4, -0.2) is 106 Å². The molecule has 11 heteroatoms. The molecule has 6 aliphatic heterocycles. The lowest BCUT2D eigenvalue weighted by Gasteiger charge is -2.40. The normalized spacial score (nSPS) is 39.5. The van der Waals surface area contributed by atoms with Crippen molar-refractivity contribution in [3.63, 3.8) is 0 Å². The number of esters is 1. The molecular weight excluding hydrogens is 741 g/mol. The molecule has 0 aromatic rings. The van der Waals surface area contributed by atoms with Gasteiger partial charge < -0.3 is 44.1 Å². The molecule has 3 fully saturated rings. The molecule has 3 saturated heterocycles. The topological polar surface area (TPSA) is 161 Å². The van der Waals surface area contributed by atoms with Crippen molar-refractivity contribution in [3.05, 3.63) is 96.7 Å². The van der Waals surface area contributed by atoms with E-state index in [-0.39, 0.29) is 67.2 Å². The fraction of sp³-hybridized carbons (Fsp3) is 0.617. The number of hydrogen-bond donors (Lipinski definition) is 4. The molecule has 0 spiro atoms. The zero-order chi connectivity index (χ0) is 41.6. The SMILES string of the molecule is C/C(=C\[C@H](C)CCCCC(=O)O)[C@@H]1O[C@@H]2C=C[C@@H]1OC(=O)/C=C\C=CC=C[C@H]1O[C@@H]3C[C@H]1O[C@@H](C=CC[C@H]1O[C@H](C[C@H](O)[C@H]1C)[C@H](O)[C@@H](O)/C=C\CCC=CC2)[C@@H]3C. The van der Waals surface area contributed by atoms with E-state index in [9.17, 15) is 24.9 Å². The largest absolute Gasteiger partial charge is 0.481 e. The maximum absolute atomic E-state index is 13.0. The number of hydrogen-bond acceptors (Lipinski definition) is 10. The number of allylic oxidation sites excluding steroid dienone is 7. The van der Waals surface area contributed by atoms with Gasteiger partial charge in [0.1, 0.15) is 24.4 Å². The highest BCUT2D eigenvalue weighted by atomic mass is 16.6. The predicted octanol–water partition coefficient (Wildman–Crippen LogP) is 6.80. The minimum absolute atomic E-state index is 0.0508. The second-order valence-electron chi connectivity index (χ2n) is 16.6. The van der Waals surface area contributed by atoms with Crippen LogP contribution >= 0.6 is 0 Å². The molecule has 6 aliphatic rings. The Labute approximate surface area is 344 Å². The summed E-state index contributed by atoms with van der Waals surface area (Å²) in [6.07, 6.45) is 28.3. The summed E-state index contributed by atoms with van der Waals surface area (Å²) >= 11 is 0. The number of carboxylic acids is 1. The molecule has 0 aliphatic carbocycles. The minimum atomic E-state index is -1.18. The Bertz CT molecular complexity index is 1570. The first-order valence-corrected chi connectivity index (χ1v) is 21.3. The van der Waals surface area contributed by atoms with Gasteiger partial charge in [0.25, 0.3) is 0 Å². The number of ether oxygens (including phenoxy) is 5. The number of aliphatic hydroxyl groups is 3. The Hall–Kier alpha value is -3.42. The first-order valence-electron chi connectivity index (χ1n) is 21.3. The van der Waals surface area contributed by atoms with Gasteiger partial charge in [0, 0.05) is 37.2 Å². The maximum Gasteiger partial charge on any atom is 0.331 e. The van der Waals surface area contributed by atoms with Gasteiger partial charge in [-0.3, -0.25) is 4.79 Å². The van der Waals surface area contributed by atoms with Crippen LogP contribution in [0, 0.1) is 17.8 Å². The Balaban J connectivity index is 1.29. The number of carbonyl (C=O) groups is 2. The third kappa shape index (κ3) is 13.6. The van der Waals surface area contributed by atoms with Crippen LogP contribution in [0.2, 0.25) is 0 Å². The first kappa shape index (κ1) is 45.7. The molecule has 0 saturated carbocycles. The standard InChI is InChI=1S/C47H66O11/c1-30(17-14-15-23-44(50)51)27-31(2)47-40-26-25-34(54-47)18-10-6-5-7-11-19-35(48)46(53)43-28-36(49)32(3)37(56-43)21-16-22-38-33(4)41-29-42(55-38)39(57-41)20-12-8-9-13-24-45(52)58-40/h6,8-13,16,19-20,22,24-27,30,32-43,46-49,53H,5,7,14-15,17-18,21,23,28-29H2,1-4H3,(H,50,51)/b9-8?,10-6?,19-11-,20-12?,22-16?,24-13-,31-27+/t30-,32-,33+,34+,35+,36+,37-,38+,39-,40+,41-,42-,43-,46-,47+/m1/s1. The molecule has 15 atom stereocenters. The van der Waals surface area contributed by atoms with Gasteiger partial charge in [-0.1, -0.05) is 106 Å². The molecule has 0 unspecified atom stereocenters. The zero-order valence-electron chi connectivity index (χ0n) is 34.5. The lowest BCUT2D eigenvalue weighted by atomic mass is 9.85. The minimum Gasteiger partial charge on any atom is -0.481 e. The van der Waals surface area contributed by atoms with Crippen LogP contribution < -0.4 is 0 Å². The number of fused-ring (bicyclic) bond motifs is 13. The van der Waals surface area contributed by atoms with Crippen molar-refractivity contribution < 1.29 is 53.7 Å². The van der Waals surface area contributed by atoms with E-state index in [1.165, 1.54) is 6.08 Å². The fourth-order valence-corrected chi connectivity index (χ4v) is 8.38. The molecular formula is C47H66O11. The molecule has 0 radical (unpaired) electrons. The molecule has 0 aromatic heterocycles.